The van der Waals surface area contributed by atoms with Crippen LogP contribution in [0.2, 0.25) is 0 Å². The van der Waals surface area contributed by atoms with Crippen molar-refractivity contribution in [2.75, 3.05) is 4.90 Å². The number of aromatic nitrogens is 1. The molecular formula is C61H44N2. The van der Waals surface area contributed by atoms with Gasteiger partial charge < -0.3 is 9.47 Å². The molecule has 0 amide bonds. The average Bonchev–Trinajstić information content (AvgIpc) is 3.80. The summed E-state index contributed by atoms with van der Waals surface area (Å²) in [4.78, 5) is 2.41. The minimum atomic E-state index is -0.142. The zero-order chi connectivity index (χ0) is 42.1. The van der Waals surface area contributed by atoms with Crippen LogP contribution < -0.4 is 4.90 Å². The summed E-state index contributed by atoms with van der Waals surface area (Å²) in [5, 5.41) is 5.12. The molecule has 2 nitrogen and oxygen atoms in total. The second kappa shape index (κ2) is 14.6. The third-order valence-electron chi connectivity index (χ3n) is 13.4. The number of nitrogens with zero attached hydrogens (tertiary/aromatic N) is 2. The van der Waals surface area contributed by atoms with E-state index in [4.69, 9.17) is 0 Å². The second-order valence-electron chi connectivity index (χ2n) is 17.4. The normalized spacial score (nSPS) is 12.7. The fourth-order valence-corrected chi connectivity index (χ4v) is 10.2. The van der Waals surface area contributed by atoms with Gasteiger partial charge in [0.25, 0.3) is 0 Å². The van der Waals surface area contributed by atoms with Gasteiger partial charge in [0, 0.05) is 38.9 Å². The smallest absolute Gasteiger partial charge is 0.0541 e. The lowest BCUT2D eigenvalue weighted by atomic mass is 9.82. The maximum atomic E-state index is 2.43. The Morgan fingerprint density at radius 3 is 1.54 bits per heavy atom. The van der Waals surface area contributed by atoms with E-state index in [1.165, 1.54) is 93.9 Å². The molecule has 0 saturated carbocycles. The van der Waals surface area contributed by atoms with Gasteiger partial charge in [-0.05, 0) is 133 Å². The van der Waals surface area contributed by atoms with Gasteiger partial charge in [0.2, 0.25) is 0 Å². The fourth-order valence-electron chi connectivity index (χ4n) is 10.2. The van der Waals surface area contributed by atoms with Gasteiger partial charge in [-0.15, -0.1) is 0 Å². The summed E-state index contributed by atoms with van der Waals surface area (Å²) in [6.07, 6.45) is 0. The Balaban J connectivity index is 0.897. The van der Waals surface area contributed by atoms with E-state index in [0.29, 0.717) is 0 Å². The molecule has 10 aromatic carbocycles. The number of hydrogen-bond acceptors (Lipinski definition) is 1. The summed E-state index contributed by atoms with van der Waals surface area (Å²) < 4.78 is 2.37. The van der Waals surface area contributed by atoms with Gasteiger partial charge >= 0.3 is 0 Å². The number of fused-ring (bicyclic) bond motifs is 8. The molecule has 63 heavy (non-hydrogen) atoms. The molecule has 0 bridgehead atoms. The number of para-hydroxylation sites is 2. The number of rotatable bonds is 7. The van der Waals surface area contributed by atoms with Crippen LogP contribution in [0.15, 0.2) is 231 Å². The van der Waals surface area contributed by atoms with Crippen molar-refractivity contribution >= 4 is 49.6 Å². The van der Waals surface area contributed by atoms with E-state index in [1.54, 1.807) is 0 Å². The third kappa shape index (κ3) is 6.09. The van der Waals surface area contributed by atoms with E-state index < -0.39 is 0 Å². The molecule has 2 heteroatoms. The monoisotopic (exact) mass is 804 g/mol. The van der Waals surface area contributed by atoms with E-state index in [1.807, 2.05) is 0 Å². The highest BCUT2D eigenvalue weighted by Gasteiger charge is 2.37. The van der Waals surface area contributed by atoms with Crippen LogP contribution in [0.1, 0.15) is 25.0 Å². The molecule has 1 aromatic heterocycles. The van der Waals surface area contributed by atoms with Crippen molar-refractivity contribution in [2.24, 2.45) is 0 Å². The molecular weight excluding hydrogens is 761 g/mol. The van der Waals surface area contributed by atoms with Crippen LogP contribution >= 0.6 is 0 Å². The summed E-state index contributed by atoms with van der Waals surface area (Å²) in [6, 6.07) is 84.5. The topological polar surface area (TPSA) is 8.17 Å². The molecule has 11 aromatic rings. The van der Waals surface area contributed by atoms with Crippen LogP contribution in [-0.2, 0) is 5.41 Å². The average molecular weight is 805 g/mol. The number of anilines is 3. The van der Waals surface area contributed by atoms with E-state index in [0.717, 1.165) is 17.1 Å². The van der Waals surface area contributed by atoms with E-state index in [9.17, 15) is 0 Å². The molecule has 0 fully saturated rings. The Morgan fingerprint density at radius 1 is 0.349 bits per heavy atom. The van der Waals surface area contributed by atoms with Gasteiger partial charge in [-0.2, -0.15) is 0 Å². The molecule has 298 valence electrons. The van der Waals surface area contributed by atoms with E-state index >= 15 is 0 Å². The summed E-state index contributed by atoms with van der Waals surface area (Å²) in [5.41, 5.74) is 19.5. The second-order valence-corrected chi connectivity index (χ2v) is 17.4. The summed E-state index contributed by atoms with van der Waals surface area (Å²) >= 11 is 0. The van der Waals surface area contributed by atoms with Crippen molar-refractivity contribution in [2.45, 2.75) is 19.3 Å². The number of benzene rings is 10. The van der Waals surface area contributed by atoms with Crippen molar-refractivity contribution in [1.29, 1.82) is 0 Å². The standard InChI is InChI=1S/C61H44N2/c1-61(2)56-37-29-46-15-9-10-18-52(46)60(56)54-36-35-51(40-57(54)61)62(49-31-25-43(26-32-49)41-13-5-3-6-14-41)50-33-27-44(28-34-50)42-21-23-45(24-22-42)47-30-38-59-55(39-47)53-19-11-12-20-58(53)63(59)48-16-7-4-8-17-48/h3-40H,1-2H3. The summed E-state index contributed by atoms with van der Waals surface area (Å²) in [6.45, 7) is 4.75. The highest BCUT2D eigenvalue weighted by atomic mass is 15.1. The molecule has 0 radical (unpaired) electrons. The lowest BCUT2D eigenvalue weighted by Gasteiger charge is -2.28. The highest BCUT2D eigenvalue weighted by molar-refractivity contribution is 6.10. The van der Waals surface area contributed by atoms with Crippen LogP contribution in [0, 0.1) is 0 Å². The van der Waals surface area contributed by atoms with E-state index in [-0.39, 0.29) is 5.41 Å². The van der Waals surface area contributed by atoms with Gasteiger partial charge in [-0.1, -0.05) is 178 Å². The van der Waals surface area contributed by atoms with Gasteiger partial charge in [0.1, 0.15) is 0 Å². The zero-order valence-electron chi connectivity index (χ0n) is 35.3. The molecule has 0 atom stereocenters. The van der Waals surface area contributed by atoms with Gasteiger partial charge in [0.15, 0.2) is 0 Å². The van der Waals surface area contributed by atoms with Crippen molar-refractivity contribution in [3.05, 3.63) is 242 Å². The summed E-state index contributed by atoms with van der Waals surface area (Å²) in [5.74, 6) is 0. The lowest BCUT2D eigenvalue weighted by Crippen LogP contribution is -2.16. The molecule has 0 saturated heterocycles. The predicted molar refractivity (Wildman–Crippen MR) is 267 cm³/mol. The molecule has 1 heterocycles. The van der Waals surface area contributed by atoms with Crippen LogP contribution in [0.25, 0.3) is 82.8 Å². The van der Waals surface area contributed by atoms with E-state index in [2.05, 4.69) is 254 Å². The quantitative estimate of drug-likeness (QED) is 0.156. The molecule has 0 aliphatic heterocycles. The Morgan fingerprint density at radius 2 is 0.857 bits per heavy atom. The fraction of sp³-hybridized carbons (Fsp3) is 0.0492. The highest BCUT2D eigenvalue weighted by Crippen LogP contribution is 2.53. The lowest BCUT2D eigenvalue weighted by molar-refractivity contribution is 0.661. The van der Waals surface area contributed by atoms with Crippen LogP contribution in [0.4, 0.5) is 17.1 Å². The third-order valence-corrected chi connectivity index (χ3v) is 13.4. The van der Waals surface area contributed by atoms with Gasteiger partial charge in [-0.25, -0.2) is 0 Å². The summed E-state index contributed by atoms with van der Waals surface area (Å²) in [7, 11) is 0. The molecule has 1 aliphatic rings. The van der Waals surface area contributed by atoms with Crippen LogP contribution in [-0.4, -0.2) is 4.57 Å². The number of hydrogen-bond donors (Lipinski definition) is 0. The zero-order valence-corrected chi connectivity index (χ0v) is 35.3. The van der Waals surface area contributed by atoms with Crippen molar-refractivity contribution in [3.8, 4) is 50.2 Å². The molecule has 12 rings (SSSR count). The molecule has 0 spiro atoms. The predicted octanol–water partition coefficient (Wildman–Crippen LogP) is 16.7. The van der Waals surface area contributed by atoms with Gasteiger partial charge in [0.05, 0.1) is 11.0 Å². The van der Waals surface area contributed by atoms with Crippen molar-refractivity contribution in [1.82, 2.24) is 4.57 Å². The maximum Gasteiger partial charge on any atom is 0.0541 e. The molecule has 0 N–H and O–H groups in total. The van der Waals surface area contributed by atoms with Crippen LogP contribution in [0.5, 0.6) is 0 Å². The van der Waals surface area contributed by atoms with Crippen LogP contribution in [0.3, 0.4) is 0 Å². The first-order valence-electron chi connectivity index (χ1n) is 21.9. The first-order chi connectivity index (χ1) is 31.0. The van der Waals surface area contributed by atoms with Gasteiger partial charge in [-0.3, -0.25) is 0 Å². The van der Waals surface area contributed by atoms with Crippen molar-refractivity contribution < 1.29 is 0 Å². The molecule has 1 aliphatic carbocycles. The molecule has 0 unspecified atom stereocenters. The Kier molecular flexibility index (Phi) is 8.55. The minimum absolute atomic E-state index is 0.142. The SMILES string of the molecule is CC1(C)c2cc(N(c3ccc(-c4ccccc4)cc3)c3ccc(-c4ccc(-c5ccc6c(c5)c5ccccc5n6-c5ccccc5)cc4)cc3)ccc2-c2c1ccc1ccccc21. The minimum Gasteiger partial charge on any atom is -0.310 e. The van der Waals surface area contributed by atoms with Crippen molar-refractivity contribution in [3.63, 3.8) is 0 Å². The first kappa shape index (κ1) is 36.9. The maximum absolute atomic E-state index is 2.43. The Labute approximate surface area is 368 Å². The Bertz CT molecular complexity index is 3490. The first-order valence-corrected chi connectivity index (χ1v) is 21.9. The Hall–Kier alpha value is -7.94. The largest absolute Gasteiger partial charge is 0.310 e.